The summed E-state index contributed by atoms with van der Waals surface area (Å²) in [5.74, 6) is -0.826. The molecule has 0 aliphatic carbocycles. The van der Waals surface area contributed by atoms with E-state index in [1.165, 1.54) is 4.90 Å². The highest BCUT2D eigenvalue weighted by molar-refractivity contribution is 5.95. The summed E-state index contributed by atoms with van der Waals surface area (Å²) in [7, 11) is 0. The summed E-state index contributed by atoms with van der Waals surface area (Å²) < 4.78 is 79.2. The number of benzene rings is 2. The zero-order valence-electron chi connectivity index (χ0n) is 17.2. The van der Waals surface area contributed by atoms with Crippen LogP contribution in [0, 0.1) is 0 Å². The molecule has 10 heteroatoms. The van der Waals surface area contributed by atoms with Crippen LogP contribution in [0.4, 0.5) is 26.3 Å². The first-order valence-corrected chi connectivity index (χ1v) is 9.85. The van der Waals surface area contributed by atoms with E-state index in [1.54, 1.807) is 0 Å². The number of carbonyl (C=O) groups excluding carboxylic acids is 1. The first-order chi connectivity index (χ1) is 14.5. The Balaban J connectivity index is 0.00000363. The van der Waals surface area contributed by atoms with Crippen molar-refractivity contribution in [2.24, 2.45) is 0 Å². The van der Waals surface area contributed by atoms with E-state index in [-0.39, 0.29) is 31.1 Å². The molecule has 1 aliphatic heterocycles. The fourth-order valence-electron chi connectivity index (χ4n) is 3.78. The number of amides is 1. The Hall–Kier alpha value is -2.26. The number of nitrogens with zero attached hydrogens (tertiary/aromatic N) is 2. The number of rotatable bonds is 4. The standard InChI is InChI=1S/C22H22F6N2O.ClH/c1-2-29-8-9-30(19(14-29)10-15-6-4-3-5-7-15)20(31)16-11-17(21(23,24)25)13-18(12-16)22(26,27)28;/h3-7,11-13,19H,2,8-10,14H2,1H3;1H/t19-;/m1./s1. The minimum absolute atomic E-state index is 0. The van der Waals surface area contributed by atoms with Crippen LogP contribution >= 0.6 is 12.4 Å². The molecule has 1 heterocycles. The minimum atomic E-state index is -5.00. The average molecular weight is 481 g/mol. The van der Waals surface area contributed by atoms with Gasteiger partial charge in [0.1, 0.15) is 0 Å². The number of hydrogen-bond acceptors (Lipinski definition) is 2. The van der Waals surface area contributed by atoms with Crippen molar-refractivity contribution in [2.45, 2.75) is 31.7 Å². The molecule has 32 heavy (non-hydrogen) atoms. The van der Waals surface area contributed by atoms with E-state index >= 15 is 0 Å². The third-order valence-electron chi connectivity index (χ3n) is 5.42. The van der Waals surface area contributed by atoms with Gasteiger partial charge in [-0.2, -0.15) is 26.3 Å². The third-order valence-corrected chi connectivity index (χ3v) is 5.42. The molecule has 0 unspecified atom stereocenters. The maximum atomic E-state index is 13.2. The lowest BCUT2D eigenvalue weighted by Gasteiger charge is -2.41. The molecule has 2 aromatic rings. The van der Waals surface area contributed by atoms with Gasteiger partial charge in [0.25, 0.3) is 5.91 Å². The molecule has 2 aromatic carbocycles. The Morgan fingerprint density at radius 3 is 2.00 bits per heavy atom. The van der Waals surface area contributed by atoms with Gasteiger partial charge in [0.2, 0.25) is 0 Å². The normalized spacial score (nSPS) is 17.7. The first-order valence-electron chi connectivity index (χ1n) is 9.85. The molecule has 1 aliphatic rings. The highest BCUT2D eigenvalue weighted by atomic mass is 35.5. The van der Waals surface area contributed by atoms with Gasteiger partial charge in [-0.1, -0.05) is 37.3 Å². The molecule has 0 aromatic heterocycles. The second kappa shape index (κ2) is 10.1. The van der Waals surface area contributed by atoms with E-state index in [4.69, 9.17) is 0 Å². The quantitative estimate of drug-likeness (QED) is 0.537. The van der Waals surface area contributed by atoms with Gasteiger partial charge in [-0.15, -0.1) is 12.4 Å². The van der Waals surface area contributed by atoms with Crippen molar-refractivity contribution in [2.75, 3.05) is 26.2 Å². The summed E-state index contributed by atoms with van der Waals surface area (Å²) in [6.45, 7) is 3.90. The van der Waals surface area contributed by atoms with Crippen LogP contribution in [0.15, 0.2) is 48.5 Å². The van der Waals surface area contributed by atoms with Crippen molar-refractivity contribution in [1.82, 2.24) is 9.80 Å². The third kappa shape index (κ3) is 6.16. The molecule has 0 N–H and O–H groups in total. The van der Waals surface area contributed by atoms with Crippen LogP contribution in [0.2, 0.25) is 0 Å². The van der Waals surface area contributed by atoms with Crippen molar-refractivity contribution in [3.05, 3.63) is 70.8 Å². The Bertz CT molecular complexity index is 885. The first kappa shape index (κ1) is 26.0. The number of alkyl halides is 6. The van der Waals surface area contributed by atoms with E-state index in [2.05, 4.69) is 4.90 Å². The maximum absolute atomic E-state index is 13.2. The van der Waals surface area contributed by atoms with Gasteiger partial charge in [0.05, 0.1) is 11.1 Å². The number of likely N-dealkylation sites (N-methyl/N-ethyl adjacent to an activating group) is 1. The fraction of sp³-hybridized carbons (Fsp3) is 0.409. The zero-order chi connectivity index (χ0) is 22.8. The summed E-state index contributed by atoms with van der Waals surface area (Å²) in [5.41, 5.74) is -2.65. The van der Waals surface area contributed by atoms with E-state index in [1.807, 2.05) is 37.3 Å². The van der Waals surface area contributed by atoms with Gasteiger partial charge in [-0.3, -0.25) is 9.69 Å². The summed E-state index contributed by atoms with van der Waals surface area (Å²) in [4.78, 5) is 16.6. The molecule has 1 atom stereocenters. The van der Waals surface area contributed by atoms with E-state index in [0.717, 1.165) is 12.1 Å². The number of hydrogen-bond donors (Lipinski definition) is 0. The number of piperazine rings is 1. The van der Waals surface area contributed by atoms with Crippen LogP contribution in [0.5, 0.6) is 0 Å². The van der Waals surface area contributed by atoms with Crippen LogP contribution in [-0.4, -0.2) is 47.9 Å². The summed E-state index contributed by atoms with van der Waals surface area (Å²) in [6, 6.07) is 9.94. The van der Waals surface area contributed by atoms with Gasteiger partial charge in [0.15, 0.2) is 0 Å². The largest absolute Gasteiger partial charge is 0.416 e. The predicted octanol–water partition coefficient (Wildman–Crippen LogP) is 5.54. The minimum Gasteiger partial charge on any atom is -0.333 e. The van der Waals surface area contributed by atoms with Crippen LogP contribution in [0.3, 0.4) is 0 Å². The molecule has 1 saturated heterocycles. The van der Waals surface area contributed by atoms with Gasteiger partial charge < -0.3 is 4.90 Å². The van der Waals surface area contributed by atoms with Crippen molar-refractivity contribution in [1.29, 1.82) is 0 Å². The Morgan fingerprint density at radius 2 is 1.50 bits per heavy atom. The predicted molar refractivity (Wildman–Crippen MR) is 111 cm³/mol. The van der Waals surface area contributed by atoms with Gasteiger partial charge >= 0.3 is 12.4 Å². The maximum Gasteiger partial charge on any atom is 0.416 e. The monoisotopic (exact) mass is 480 g/mol. The van der Waals surface area contributed by atoms with Gasteiger partial charge in [-0.25, -0.2) is 0 Å². The van der Waals surface area contributed by atoms with E-state index < -0.39 is 35.0 Å². The lowest BCUT2D eigenvalue weighted by Crippen LogP contribution is -2.55. The van der Waals surface area contributed by atoms with Gasteiger partial charge in [-0.05, 0) is 36.7 Å². The molecule has 176 valence electrons. The number of halogens is 7. The van der Waals surface area contributed by atoms with Crippen LogP contribution < -0.4 is 0 Å². The average Bonchev–Trinajstić information content (AvgIpc) is 2.72. The van der Waals surface area contributed by atoms with Crippen LogP contribution in [-0.2, 0) is 18.8 Å². The van der Waals surface area contributed by atoms with Crippen LogP contribution in [0.25, 0.3) is 0 Å². The molecule has 1 fully saturated rings. The van der Waals surface area contributed by atoms with E-state index in [9.17, 15) is 31.1 Å². The summed E-state index contributed by atoms with van der Waals surface area (Å²) >= 11 is 0. The molecule has 3 nitrogen and oxygen atoms in total. The highest BCUT2D eigenvalue weighted by Gasteiger charge is 2.39. The van der Waals surface area contributed by atoms with Gasteiger partial charge in [0, 0.05) is 31.2 Å². The molecule has 3 rings (SSSR count). The molecular weight excluding hydrogens is 458 g/mol. The SMILES string of the molecule is CCN1CCN(C(=O)c2cc(C(F)(F)F)cc(C(F)(F)F)c2)[C@H](Cc2ccccc2)C1.Cl. The van der Waals surface area contributed by atoms with Crippen molar-refractivity contribution < 1.29 is 31.1 Å². The smallest absolute Gasteiger partial charge is 0.333 e. The lowest BCUT2D eigenvalue weighted by atomic mass is 9.99. The Kier molecular flexibility index (Phi) is 8.22. The number of carbonyl (C=O) groups is 1. The molecule has 0 radical (unpaired) electrons. The Morgan fingerprint density at radius 1 is 0.938 bits per heavy atom. The fourth-order valence-corrected chi connectivity index (χ4v) is 3.78. The molecule has 1 amide bonds. The van der Waals surface area contributed by atoms with Crippen molar-refractivity contribution >= 4 is 18.3 Å². The molecule has 0 saturated carbocycles. The molecule has 0 bridgehead atoms. The highest BCUT2D eigenvalue weighted by Crippen LogP contribution is 2.36. The van der Waals surface area contributed by atoms with Crippen molar-refractivity contribution in [3.63, 3.8) is 0 Å². The Labute approximate surface area is 188 Å². The second-order valence-electron chi connectivity index (χ2n) is 7.53. The molecular formula is C22H23ClF6N2O. The second-order valence-corrected chi connectivity index (χ2v) is 7.53. The topological polar surface area (TPSA) is 23.6 Å². The van der Waals surface area contributed by atoms with Crippen LogP contribution in [0.1, 0.15) is 34.0 Å². The van der Waals surface area contributed by atoms with Crippen molar-refractivity contribution in [3.8, 4) is 0 Å². The lowest BCUT2D eigenvalue weighted by molar-refractivity contribution is -0.143. The summed E-state index contributed by atoms with van der Waals surface area (Å²) in [5, 5.41) is 0. The summed E-state index contributed by atoms with van der Waals surface area (Å²) in [6.07, 6.45) is -9.55. The molecule has 0 spiro atoms. The zero-order valence-corrected chi connectivity index (χ0v) is 18.0. The van der Waals surface area contributed by atoms with E-state index in [0.29, 0.717) is 31.6 Å².